The molecule has 1 N–H and O–H groups in total. The topological polar surface area (TPSA) is 96.0 Å². The van der Waals surface area contributed by atoms with Gasteiger partial charge in [-0.2, -0.15) is 0 Å². The number of nitrogens with zero attached hydrogens (tertiary/aromatic N) is 1. The fraction of sp³-hybridized carbons (Fsp3) is 0.450. The maximum atomic E-state index is 14.7. The lowest BCUT2D eigenvalue weighted by atomic mass is 10.2. The third kappa shape index (κ3) is 6.86. The van der Waals surface area contributed by atoms with E-state index in [2.05, 4.69) is 10.3 Å². The summed E-state index contributed by atoms with van der Waals surface area (Å²) in [6, 6.07) is 2.00. The van der Waals surface area contributed by atoms with Crippen molar-refractivity contribution in [3.63, 3.8) is 0 Å². The molecule has 11 heteroatoms. The Kier molecular flexibility index (Phi) is 8.28. The van der Waals surface area contributed by atoms with E-state index in [9.17, 15) is 18.4 Å². The van der Waals surface area contributed by atoms with Crippen molar-refractivity contribution in [2.75, 3.05) is 32.2 Å². The van der Waals surface area contributed by atoms with Gasteiger partial charge in [-0.05, 0) is 27.7 Å². The summed E-state index contributed by atoms with van der Waals surface area (Å²) in [7, 11) is 1.47. The first-order chi connectivity index (χ1) is 14.6. The largest absolute Gasteiger partial charge is 0.491 e. The van der Waals surface area contributed by atoms with Crippen molar-refractivity contribution in [2.45, 2.75) is 33.3 Å². The summed E-state index contributed by atoms with van der Waals surface area (Å²) >= 11 is 0.712. The van der Waals surface area contributed by atoms with Gasteiger partial charge in [0, 0.05) is 19.2 Å². The minimum Gasteiger partial charge on any atom is -0.491 e. The minimum atomic E-state index is -0.944. The fourth-order valence-electron chi connectivity index (χ4n) is 2.33. The Morgan fingerprint density at radius 1 is 1.16 bits per heavy atom. The number of carbonyl (C=O) groups excluding carboxylic acids is 2. The lowest BCUT2D eigenvalue weighted by Crippen LogP contribution is -2.27. The molecule has 0 aliphatic carbocycles. The number of hydrogen-bond donors (Lipinski definition) is 1. The van der Waals surface area contributed by atoms with Crippen LogP contribution in [-0.2, 0) is 14.2 Å². The van der Waals surface area contributed by atoms with Crippen LogP contribution in [0.25, 0.3) is 10.6 Å². The van der Waals surface area contributed by atoms with Crippen molar-refractivity contribution in [3.8, 4) is 16.3 Å². The second kappa shape index (κ2) is 10.5. The second-order valence-corrected chi connectivity index (χ2v) is 8.15. The van der Waals surface area contributed by atoms with E-state index in [1.54, 1.807) is 27.7 Å². The molecule has 1 aromatic carbocycles. The summed E-state index contributed by atoms with van der Waals surface area (Å²) in [5, 5.41) is 2.18. The zero-order valence-corrected chi connectivity index (χ0v) is 18.7. The van der Waals surface area contributed by atoms with Crippen molar-refractivity contribution in [1.82, 2.24) is 4.98 Å². The van der Waals surface area contributed by atoms with E-state index < -0.39 is 34.9 Å². The monoisotopic (exact) mass is 458 g/mol. The van der Waals surface area contributed by atoms with Gasteiger partial charge in [0.2, 0.25) is 0 Å². The number of esters is 1. The third-order valence-electron chi connectivity index (χ3n) is 3.50. The molecule has 0 fully saturated rings. The molecule has 0 radical (unpaired) electrons. The number of hydrogen-bond acceptors (Lipinski definition) is 8. The molecule has 0 aliphatic rings. The van der Waals surface area contributed by atoms with Crippen molar-refractivity contribution in [1.29, 1.82) is 0 Å². The van der Waals surface area contributed by atoms with Crippen LogP contribution in [0.2, 0.25) is 0 Å². The first kappa shape index (κ1) is 24.5. The molecule has 170 valence electrons. The molecular weight excluding hydrogens is 434 g/mol. The molecule has 1 heterocycles. The van der Waals surface area contributed by atoms with Crippen LogP contribution in [0, 0.1) is 11.6 Å². The summed E-state index contributed by atoms with van der Waals surface area (Å²) in [6.45, 7) is 7.00. The molecule has 8 nitrogen and oxygen atoms in total. The molecule has 0 saturated heterocycles. The molecule has 0 aliphatic heterocycles. The number of anilines is 1. The standard InChI is InChI=1S/C20H24F2N2O6S/c1-6-28-18(25)15-17(24-19(26)30-20(2,3)4)31-16(23-15)14-12(21)9-11(10-13(14)22)29-8-7-27-5/h9-10H,6-8H2,1-5H3,(H,24,26). The highest BCUT2D eigenvalue weighted by atomic mass is 32.1. The molecule has 2 aromatic rings. The lowest BCUT2D eigenvalue weighted by Gasteiger charge is -2.19. The van der Waals surface area contributed by atoms with Crippen LogP contribution in [-0.4, -0.2) is 49.6 Å². The molecule has 0 unspecified atom stereocenters. The van der Waals surface area contributed by atoms with E-state index >= 15 is 0 Å². The van der Waals surface area contributed by atoms with E-state index in [1.165, 1.54) is 7.11 Å². The number of thiazole rings is 1. The number of aromatic nitrogens is 1. The van der Waals surface area contributed by atoms with E-state index in [4.69, 9.17) is 18.9 Å². The van der Waals surface area contributed by atoms with Gasteiger partial charge in [-0.3, -0.25) is 5.32 Å². The predicted molar refractivity (Wildman–Crippen MR) is 111 cm³/mol. The molecular formula is C20H24F2N2O6S. The minimum absolute atomic E-state index is 0.0231. The molecule has 0 bridgehead atoms. The van der Waals surface area contributed by atoms with E-state index in [0.29, 0.717) is 11.3 Å². The van der Waals surface area contributed by atoms with Gasteiger partial charge in [-0.15, -0.1) is 0 Å². The van der Waals surface area contributed by atoms with Gasteiger partial charge < -0.3 is 18.9 Å². The van der Waals surface area contributed by atoms with Crippen LogP contribution >= 0.6 is 11.3 Å². The number of benzene rings is 1. The first-order valence-corrected chi connectivity index (χ1v) is 10.2. The summed E-state index contributed by atoms with van der Waals surface area (Å²) in [6.07, 6.45) is -0.851. The Morgan fingerprint density at radius 2 is 1.81 bits per heavy atom. The number of rotatable bonds is 8. The predicted octanol–water partition coefficient (Wildman–Crippen LogP) is 4.64. The van der Waals surface area contributed by atoms with Gasteiger partial charge in [0.1, 0.15) is 39.6 Å². The number of nitrogens with one attached hydrogen (secondary N) is 1. The van der Waals surface area contributed by atoms with Gasteiger partial charge in [0.15, 0.2) is 5.69 Å². The highest BCUT2D eigenvalue weighted by Gasteiger charge is 2.26. The molecule has 0 spiro atoms. The second-order valence-electron chi connectivity index (χ2n) is 7.15. The van der Waals surface area contributed by atoms with Gasteiger partial charge in [-0.25, -0.2) is 23.4 Å². The zero-order chi connectivity index (χ0) is 23.2. The fourth-order valence-corrected chi connectivity index (χ4v) is 3.31. The van der Waals surface area contributed by atoms with Gasteiger partial charge in [-0.1, -0.05) is 11.3 Å². The third-order valence-corrected chi connectivity index (χ3v) is 4.48. The SMILES string of the molecule is CCOC(=O)c1nc(-c2c(F)cc(OCCOC)cc2F)sc1NC(=O)OC(C)(C)C. The molecule has 1 aromatic heterocycles. The summed E-state index contributed by atoms with van der Waals surface area (Å²) in [5.74, 6) is -2.76. The molecule has 2 rings (SSSR count). The van der Waals surface area contributed by atoms with Crippen LogP contribution in [0.15, 0.2) is 12.1 Å². The van der Waals surface area contributed by atoms with E-state index in [-0.39, 0.29) is 41.3 Å². The highest BCUT2D eigenvalue weighted by Crippen LogP contribution is 2.37. The summed E-state index contributed by atoms with van der Waals surface area (Å²) < 4.78 is 49.5. The van der Waals surface area contributed by atoms with Crippen LogP contribution < -0.4 is 10.1 Å². The maximum Gasteiger partial charge on any atom is 0.412 e. The van der Waals surface area contributed by atoms with Crippen molar-refractivity contribution >= 4 is 28.4 Å². The van der Waals surface area contributed by atoms with E-state index in [1.807, 2.05) is 0 Å². The van der Waals surface area contributed by atoms with Crippen molar-refractivity contribution < 1.29 is 37.3 Å². The molecule has 0 saturated carbocycles. The average molecular weight is 458 g/mol. The smallest absolute Gasteiger partial charge is 0.412 e. The quantitative estimate of drug-likeness (QED) is 0.455. The van der Waals surface area contributed by atoms with E-state index in [0.717, 1.165) is 12.1 Å². The zero-order valence-electron chi connectivity index (χ0n) is 17.8. The maximum absolute atomic E-state index is 14.7. The number of carbonyl (C=O) groups is 2. The lowest BCUT2D eigenvalue weighted by molar-refractivity contribution is 0.0521. The van der Waals surface area contributed by atoms with Gasteiger partial charge >= 0.3 is 12.1 Å². The highest BCUT2D eigenvalue weighted by molar-refractivity contribution is 7.19. The van der Waals surface area contributed by atoms with Crippen molar-refractivity contribution in [3.05, 3.63) is 29.5 Å². The number of methoxy groups -OCH3 is 1. The molecule has 31 heavy (non-hydrogen) atoms. The number of halogens is 2. The summed E-state index contributed by atoms with van der Waals surface area (Å²) in [4.78, 5) is 28.4. The average Bonchev–Trinajstić information content (AvgIpc) is 3.03. The Balaban J connectivity index is 2.40. The Hall–Kier alpha value is -2.79. The van der Waals surface area contributed by atoms with Crippen molar-refractivity contribution in [2.24, 2.45) is 0 Å². The van der Waals surface area contributed by atoms with Crippen LogP contribution in [0.5, 0.6) is 5.75 Å². The van der Waals surface area contributed by atoms with Crippen LogP contribution in [0.3, 0.4) is 0 Å². The number of ether oxygens (including phenoxy) is 4. The van der Waals surface area contributed by atoms with Gasteiger partial charge in [0.25, 0.3) is 0 Å². The molecule has 0 atom stereocenters. The summed E-state index contributed by atoms with van der Waals surface area (Å²) in [5.41, 5.74) is -1.54. The number of amides is 1. The Bertz CT molecular complexity index is 919. The normalized spacial score (nSPS) is 11.2. The van der Waals surface area contributed by atoms with Crippen LogP contribution in [0.1, 0.15) is 38.2 Å². The Morgan fingerprint density at radius 3 is 2.35 bits per heavy atom. The first-order valence-electron chi connectivity index (χ1n) is 9.34. The molecule has 1 amide bonds. The Labute approximate surface area is 182 Å². The van der Waals surface area contributed by atoms with Crippen LogP contribution in [0.4, 0.5) is 18.6 Å². The van der Waals surface area contributed by atoms with Gasteiger partial charge in [0.05, 0.1) is 18.8 Å².